The van der Waals surface area contributed by atoms with Crippen LogP contribution in [0.15, 0.2) is 40.9 Å². The third-order valence-corrected chi connectivity index (χ3v) is 3.42. The lowest BCUT2D eigenvalue weighted by atomic mass is 10.1. The van der Waals surface area contributed by atoms with Gasteiger partial charge in [0.2, 0.25) is 0 Å². The molecule has 0 heterocycles. The lowest BCUT2D eigenvalue weighted by Crippen LogP contribution is -2.10. The molecule has 0 spiro atoms. The Morgan fingerprint density at radius 3 is 2.58 bits per heavy atom. The van der Waals surface area contributed by atoms with Crippen LogP contribution in [0.1, 0.15) is 11.1 Å². The molecule has 19 heavy (non-hydrogen) atoms. The Morgan fingerprint density at radius 1 is 1.26 bits per heavy atom. The number of halogens is 2. The van der Waals surface area contributed by atoms with Gasteiger partial charge < -0.3 is 10.5 Å². The van der Waals surface area contributed by atoms with Crippen LogP contribution in [0.2, 0.25) is 0 Å². The molecular formula is C14H11BrFNOS. The van der Waals surface area contributed by atoms with Crippen molar-refractivity contribution in [2.45, 2.75) is 6.92 Å². The minimum Gasteiger partial charge on any atom is -0.456 e. The van der Waals surface area contributed by atoms with Gasteiger partial charge in [0.25, 0.3) is 0 Å². The average Bonchev–Trinajstić information content (AvgIpc) is 2.32. The fourth-order valence-electron chi connectivity index (χ4n) is 1.66. The third-order valence-electron chi connectivity index (χ3n) is 2.59. The van der Waals surface area contributed by atoms with E-state index in [1.165, 1.54) is 12.1 Å². The Kier molecular flexibility index (Phi) is 4.17. The second-order valence-electron chi connectivity index (χ2n) is 4.02. The maximum absolute atomic E-state index is 13.0. The number of aryl methyl sites for hydroxylation is 1. The molecule has 0 aliphatic carbocycles. The van der Waals surface area contributed by atoms with Gasteiger partial charge in [0, 0.05) is 5.56 Å². The topological polar surface area (TPSA) is 35.2 Å². The molecule has 0 atom stereocenters. The van der Waals surface area contributed by atoms with Crippen LogP contribution in [-0.2, 0) is 0 Å². The van der Waals surface area contributed by atoms with E-state index in [9.17, 15) is 4.39 Å². The molecule has 0 aliphatic rings. The minimum atomic E-state index is -0.320. The molecule has 2 aromatic carbocycles. The van der Waals surface area contributed by atoms with Crippen molar-refractivity contribution in [3.8, 4) is 11.5 Å². The highest BCUT2D eigenvalue weighted by Gasteiger charge is 2.07. The minimum absolute atomic E-state index is 0.320. The van der Waals surface area contributed by atoms with Gasteiger partial charge in [-0.2, -0.15) is 0 Å². The Bertz CT molecular complexity index is 645. The normalized spacial score (nSPS) is 10.3. The lowest BCUT2D eigenvalue weighted by molar-refractivity contribution is 0.477. The summed E-state index contributed by atoms with van der Waals surface area (Å²) in [6.45, 7) is 1.90. The van der Waals surface area contributed by atoms with Crippen LogP contribution in [0.3, 0.4) is 0 Å². The summed E-state index contributed by atoms with van der Waals surface area (Å²) < 4.78 is 19.2. The number of rotatable bonds is 3. The Hall–Kier alpha value is -1.46. The first-order valence-electron chi connectivity index (χ1n) is 5.51. The van der Waals surface area contributed by atoms with Gasteiger partial charge in [-0.25, -0.2) is 4.39 Å². The molecule has 98 valence electrons. The summed E-state index contributed by atoms with van der Waals surface area (Å²) in [7, 11) is 0. The van der Waals surface area contributed by atoms with Gasteiger partial charge in [-0.3, -0.25) is 0 Å². The van der Waals surface area contributed by atoms with Crippen LogP contribution in [0, 0.1) is 12.7 Å². The van der Waals surface area contributed by atoms with Gasteiger partial charge in [-0.05, 0) is 64.8 Å². The van der Waals surface area contributed by atoms with E-state index in [1.54, 1.807) is 12.1 Å². The van der Waals surface area contributed by atoms with E-state index >= 15 is 0 Å². The molecule has 0 saturated carbocycles. The average molecular weight is 340 g/mol. The van der Waals surface area contributed by atoms with Crippen molar-refractivity contribution in [2.75, 3.05) is 0 Å². The summed E-state index contributed by atoms with van der Waals surface area (Å²) >= 11 is 8.20. The number of ether oxygens (including phenoxy) is 1. The summed E-state index contributed by atoms with van der Waals surface area (Å²) in [5.41, 5.74) is 7.35. The van der Waals surface area contributed by atoms with Crippen molar-refractivity contribution in [3.05, 3.63) is 57.8 Å². The quantitative estimate of drug-likeness (QED) is 0.845. The standard InChI is InChI=1S/C14H11BrFNOS/c1-8-6-10(3-4-11(8)14(17)19)18-13-5-2-9(16)7-12(13)15/h2-7H,1H3,(H2,17,19). The fraction of sp³-hybridized carbons (Fsp3) is 0.0714. The summed E-state index contributed by atoms with van der Waals surface area (Å²) in [6.07, 6.45) is 0. The molecule has 0 unspecified atom stereocenters. The molecular weight excluding hydrogens is 329 g/mol. The zero-order valence-corrected chi connectivity index (χ0v) is 12.5. The zero-order chi connectivity index (χ0) is 14.0. The summed E-state index contributed by atoms with van der Waals surface area (Å²) in [4.78, 5) is 0.354. The smallest absolute Gasteiger partial charge is 0.141 e. The van der Waals surface area contributed by atoms with Gasteiger partial charge in [-0.1, -0.05) is 12.2 Å². The SMILES string of the molecule is Cc1cc(Oc2ccc(F)cc2Br)ccc1C(N)=S. The molecule has 0 bridgehead atoms. The van der Waals surface area contributed by atoms with E-state index in [2.05, 4.69) is 15.9 Å². The van der Waals surface area contributed by atoms with Crippen molar-refractivity contribution in [1.29, 1.82) is 0 Å². The molecule has 2 aromatic rings. The van der Waals surface area contributed by atoms with Crippen molar-refractivity contribution >= 4 is 33.1 Å². The maximum Gasteiger partial charge on any atom is 0.141 e. The highest BCUT2D eigenvalue weighted by atomic mass is 79.9. The molecule has 5 heteroatoms. The van der Waals surface area contributed by atoms with Crippen LogP contribution in [-0.4, -0.2) is 4.99 Å². The first-order valence-corrected chi connectivity index (χ1v) is 6.71. The summed E-state index contributed by atoms with van der Waals surface area (Å²) in [5, 5.41) is 0. The molecule has 0 saturated heterocycles. The lowest BCUT2D eigenvalue weighted by Gasteiger charge is -2.10. The molecule has 0 fully saturated rings. The molecule has 0 radical (unpaired) electrons. The van der Waals surface area contributed by atoms with Gasteiger partial charge in [-0.15, -0.1) is 0 Å². The third kappa shape index (κ3) is 3.30. The zero-order valence-electron chi connectivity index (χ0n) is 10.1. The highest BCUT2D eigenvalue weighted by Crippen LogP contribution is 2.31. The summed E-state index contributed by atoms with van der Waals surface area (Å²) in [5.74, 6) is 0.868. The predicted molar refractivity (Wildman–Crippen MR) is 81.2 cm³/mol. The van der Waals surface area contributed by atoms with Gasteiger partial charge in [0.05, 0.1) is 4.47 Å². The molecule has 2 rings (SSSR count). The van der Waals surface area contributed by atoms with Crippen molar-refractivity contribution in [2.24, 2.45) is 5.73 Å². The van der Waals surface area contributed by atoms with E-state index in [-0.39, 0.29) is 5.82 Å². The Morgan fingerprint density at radius 2 is 2.00 bits per heavy atom. The van der Waals surface area contributed by atoms with Crippen molar-refractivity contribution in [3.63, 3.8) is 0 Å². The van der Waals surface area contributed by atoms with E-state index < -0.39 is 0 Å². The Balaban J connectivity index is 2.29. The second-order valence-corrected chi connectivity index (χ2v) is 5.31. The van der Waals surface area contributed by atoms with Gasteiger partial charge in [0.1, 0.15) is 22.3 Å². The number of thiocarbonyl (C=S) groups is 1. The molecule has 0 aromatic heterocycles. The number of nitrogens with two attached hydrogens (primary N) is 1. The van der Waals surface area contributed by atoms with E-state index in [0.717, 1.165) is 11.1 Å². The van der Waals surface area contributed by atoms with Gasteiger partial charge >= 0.3 is 0 Å². The monoisotopic (exact) mass is 339 g/mol. The van der Waals surface area contributed by atoms with Crippen LogP contribution < -0.4 is 10.5 Å². The largest absolute Gasteiger partial charge is 0.456 e. The Labute approximate surface area is 124 Å². The molecule has 2 N–H and O–H groups in total. The first kappa shape index (κ1) is 14.0. The molecule has 2 nitrogen and oxygen atoms in total. The number of hydrogen-bond donors (Lipinski definition) is 1. The summed E-state index contributed by atoms with van der Waals surface area (Å²) in [6, 6.07) is 9.68. The second kappa shape index (κ2) is 5.67. The maximum atomic E-state index is 13.0. The molecule has 0 amide bonds. The first-order chi connectivity index (χ1) is 8.97. The van der Waals surface area contributed by atoms with Crippen LogP contribution in [0.5, 0.6) is 11.5 Å². The van der Waals surface area contributed by atoms with Crippen molar-refractivity contribution < 1.29 is 9.13 Å². The van der Waals surface area contributed by atoms with Crippen LogP contribution >= 0.6 is 28.1 Å². The van der Waals surface area contributed by atoms with E-state index in [4.69, 9.17) is 22.7 Å². The van der Waals surface area contributed by atoms with E-state index in [1.807, 2.05) is 19.1 Å². The van der Waals surface area contributed by atoms with Crippen molar-refractivity contribution in [1.82, 2.24) is 0 Å². The number of benzene rings is 2. The van der Waals surface area contributed by atoms with Gasteiger partial charge in [0.15, 0.2) is 0 Å². The fourth-order valence-corrected chi connectivity index (χ4v) is 2.32. The number of hydrogen-bond acceptors (Lipinski definition) is 2. The highest BCUT2D eigenvalue weighted by molar-refractivity contribution is 9.10. The van der Waals surface area contributed by atoms with Crippen LogP contribution in [0.4, 0.5) is 4.39 Å². The molecule has 0 aliphatic heterocycles. The predicted octanol–water partition coefficient (Wildman–Crippen LogP) is 4.32. The van der Waals surface area contributed by atoms with Crippen LogP contribution in [0.25, 0.3) is 0 Å². The van der Waals surface area contributed by atoms with E-state index in [0.29, 0.717) is 21.0 Å².